The van der Waals surface area contributed by atoms with E-state index >= 15 is 0 Å². The van der Waals surface area contributed by atoms with Crippen LogP contribution in [0.25, 0.3) is 0 Å². The number of aromatic nitrogens is 1. The summed E-state index contributed by atoms with van der Waals surface area (Å²) in [7, 11) is 0. The van der Waals surface area contributed by atoms with Crippen molar-refractivity contribution in [2.75, 3.05) is 11.9 Å². The van der Waals surface area contributed by atoms with Crippen LogP contribution in [0.2, 0.25) is 5.15 Å². The summed E-state index contributed by atoms with van der Waals surface area (Å²) in [5.74, 6) is 0.392. The summed E-state index contributed by atoms with van der Waals surface area (Å²) in [6.45, 7) is 6.20. The van der Waals surface area contributed by atoms with Crippen LogP contribution in [0.3, 0.4) is 0 Å². The summed E-state index contributed by atoms with van der Waals surface area (Å²) in [5, 5.41) is 6.83. The van der Waals surface area contributed by atoms with Gasteiger partial charge in [-0.3, -0.25) is 0 Å². The van der Waals surface area contributed by atoms with Crippen LogP contribution in [0.4, 0.5) is 10.5 Å². The standard InChI is InChI=1S/C16H24ClN3O2/c1-16(2,3)22-15(21)19-9-11-5-4-6-13(11)20-12-7-8-14(17)18-10-12/h7-8,10-11,13,20H,4-6,9H2,1-3H3,(H,19,21). The number of carbonyl (C=O) groups is 1. The molecular weight excluding hydrogens is 302 g/mol. The molecule has 1 aromatic heterocycles. The van der Waals surface area contributed by atoms with Crippen molar-refractivity contribution in [1.29, 1.82) is 0 Å². The third kappa shape index (κ3) is 5.37. The number of hydrogen-bond donors (Lipinski definition) is 2. The van der Waals surface area contributed by atoms with Gasteiger partial charge in [-0.15, -0.1) is 0 Å². The molecule has 0 aromatic carbocycles. The molecule has 1 aliphatic rings. The van der Waals surface area contributed by atoms with Crippen LogP contribution in [0.5, 0.6) is 0 Å². The normalized spacial score (nSPS) is 21.5. The van der Waals surface area contributed by atoms with Gasteiger partial charge >= 0.3 is 6.09 Å². The number of halogens is 1. The predicted octanol–water partition coefficient (Wildman–Crippen LogP) is 3.84. The van der Waals surface area contributed by atoms with E-state index in [-0.39, 0.29) is 6.09 Å². The van der Waals surface area contributed by atoms with E-state index in [2.05, 4.69) is 15.6 Å². The Hall–Kier alpha value is -1.49. The number of rotatable bonds is 4. The molecule has 5 nitrogen and oxygen atoms in total. The van der Waals surface area contributed by atoms with E-state index < -0.39 is 5.60 Å². The third-order valence-corrected chi connectivity index (χ3v) is 3.87. The van der Waals surface area contributed by atoms with E-state index in [1.54, 1.807) is 12.3 Å². The molecule has 0 aliphatic heterocycles. The van der Waals surface area contributed by atoms with Crippen LogP contribution >= 0.6 is 11.6 Å². The van der Waals surface area contributed by atoms with Gasteiger partial charge in [0.05, 0.1) is 11.9 Å². The molecule has 0 bridgehead atoms. The summed E-state index contributed by atoms with van der Waals surface area (Å²) in [6, 6.07) is 4.02. The molecular formula is C16H24ClN3O2. The van der Waals surface area contributed by atoms with Gasteiger partial charge in [-0.1, -0.05) is 18.0 Å². The number of hydrogen-bond acceptors (Lipinski definition) is 4. The Bertz CT molecular complexity index is 499. The van der Waals surface area contributed by atoms with Gasteiger partial charge in [0, 0.05) is 12.6 Å². The molecule has 1 heterocycles. The Balaban J connectivity index is 1.83. The van der Waals surface area contributed by atoms with Gasteiger partial charge in [-0.25, -0.2) is 9.78 Å². The number of ether oxygens (including phenoxy) is 1. The van der Waals surface area contributed by atoms with Crippen LogP contribution in [0.15, 0.2) is 18.3 Å². The zero-order valence-electron chi connectivity index (χ0n) is 13.4. The van der Waals surface area contributed by atoms with Crippen molar-refractivity contribution in [2.24, 2.45) is 5.92 Å². The second kappa shape index (κ2) is 7.18. The van der Waals surface area contributed by atoms with E-state index in [0.29, 0.717) is 23.7 Å². The molecule has 1 amide bonds. The van der Waals surface area contributed by atoms with Crippen LogP contribution in [0.1, 0.15) is 40.0 Å². The molecule has 6 heteroatoms. The molecule has 0 saturated heterocycles. The molecule has 1 aliphatic carbocycles. The number of amides is 1. The van der Waals surface area contributed by atoms with Crippen LogP contribution in [-0.2, 0) is 4.74 Å². The summed E-state index contributed by atoms with van der Waals surface area (Å²) in [5.41, 5.74) is 0.491. The van der Waals surface area contributed by atoms with Crippen molar-refractivity contribution in [1.82, 2.24) is 10.3 Å². The number of nitrogens with one attached hydrogen (secondary N) is 2. The number of pyridine rings is 1. The maximum atomic E-state index is 11.7. The second-order valence-corrected chi connectivity index (χ2v) is 7.08. The van der Waals surface area contributed by atoms with Gasteiger partial charge in [0.15, 0.2) is 0 Å². The van der Waals surface area contributed by atoms with E-state index in [0.717, 1.165) is 24.9 Å². The lowest BCUT2D eigenvalue weighted by Gasteiger charge is -2.24. The molecule has 122 valence electrons. The van der Waals surface area contributed by atoms with Gasteiger partial charge in [-0.05, 0) is 51.7 Å². The highest BCUT2D eigenvalue weighted by atomic mass is 35.5. The van der Waals surface area contributed by atoms with Crippen LogP contribution in [-0.4, -0.2) is 29.3 Å². The first-order valence-electron chi connectivity index (χ1n) is 7.68. The Labute approximate surface area is 136 Å². The molecule has 2 rings (SSSR count). The topological polar surface area (TPSA) is 63.2 Å². The van der Waals surface area contributed by atoms with Crippen molar-refractivity contribution in [3.63, 3.8) is 0 Å². The molecule has 0 spiro atoms. The second-order valence-electron chi connectivity index (χ2n) is 6.69. The van der Waals surface area contributed by atoms with E-state index in [1.807, 2.05) is 26.8 Å². The molecule has 22 heavy (non-hydrogen) atoms. The van der Waals surface area contributed by atoms with Gasteiger partial charge in [0.2, 0.25) is 0 Å². The first-order chi connectivity index (χ1) is 10.3. The molecule has 1 aromatic rings. The Morgan fingerprint density at radius 3 is 2.82 bits per heavy atom. The minimum Gasteiger partial charge on any atom is -0.444 e. The zero-order valence-corrected chi connectivity index (χ0v) is 14.1. The van der Waals surface area contributed by atoms with Gasteiger partial charge in [-0.2, -0.15) is 0 Å². The van der Waals surface area contributed by atoms with Crippen molar-refractivity contribution >= 4 is 23.4 Å². The van der Waals surface area contributed by atoms with E-state index in [9.17, 15) is 4.79 Å². The summed E-state index contributed by atoms with van der Waals surface area (Å²) in [6.07, 6.45) is 4.71. The monoisotopic (exact) mass is 325 g/mol. The van der Waals surface area contributed by atoms with Gasteiger partial charge < -0.3 is 15.4 Å². The Morgan fingerprint density at radius 1 is 1.41 bits per heavy atom. The van der Waals surface area contributed by atoms with Crippen LogP contribution in [0, 0.1) is 5.92 Å². The largest absolute Gasteiger partial charge is 0.444 e. The first-order valence-corrected chi connectivity index (χ1v) is 8.06. The lowest BCUT2D eigenvalue weighted by Crippen LogP contribution is -2.38. The number of nitrogens with zero attached hydrogens (tertiary/aromatic N) is 1. The maximum absolute atomic E-state index is 11.7. The maximum Gasteiger partial charge on any atom is 0.407 e. The molecule has 1 saturated carbocycles. The fraction of sp³-hybridized carbons (Fsp3) is 0.625. The molecule has 0 radical (unpaired) electrons. The number of anilines is 1. The highest BCUT2D eigenvalue weighted by molar-refractivity contribution is 6.29. The average molecular weight is 326 g/mol. The number of alkyl carbamates (subject to hydrolysis) is 1. The van der Waals surface area contributed by atoms with Crippen molar-refractivity contribution < 1.29 is 9.53 Å². The average Bonchev–Trinajstić information content (AvgIpc) is 2.84. The SMILES string of the molecule is CC(C)(C)OC(=O)NCC1CCCC1Nc1ccc(Cl)nc1. The molecule has 2 atom stereocenters. The highest BCUT2D eigenvalue weighted by Gasteiger charge is 2.28. The lowest BCUT2D eigenvalue weighted by atomic mass is 10.0. The quantitative estimate of drug-likeness (QED) is 0.826. The van der Waals surface area contributed by atoms with Crippen molar-refractivity contribution in [2.45, 2.75) is 51.7 Å². The molecule has 1 fully saturated rings. The Kier molecular flexibility index (Phi) is 5.51. The fourth-order valence-electron chi connectivity index (χ4n) is 2.68. The lowest BCUT2D eigenvalue weighted by molar-refractivity contribution is 0.0519. The third-order valence-electron chi connectivity index (χ3n) is 3.65. The van der Waals surface area contributed by atoms with E-state index in [4.69, 9.17) is 16.3 Å². The van der Waals surface area contributed by atoms with Crippen molar-refractivity contribution in [3.8, 4) is 0 Å². The minimum atomic E-state index is -0.466. The van der Waals surface area contributed by atoms with Gasteiger partial charge in [0.25, 0.3) is 0 Å². The minimum absolute atomic E-state index is 0.331. The summed E-state index contributed by atoms with van der Waals surface area (Å²) < 4.78 is 5.27. The van der Waals surface area contributed by atoms with E-state index in [1.165, 1.54) is 0 Å². The Morgan fingerprint density at radius 2 is 2.18 bits per heavy atom. The van der Waals surface area contributed by atoms with Crippen LogP contribution < -0.4 is 10.6 Å². The summed E-state index contributed by atoms with van der Waals surface area (Å²) >= 11 is 5.79. The molecule has 2 N–H and O–H groups in total. The fourth-order valence-corrected chi connectivity index (χ4v) is 2.79. The zero-order chi connectivity index (χ0) is 16.2. The smallest absolute Gasteiger partial charge is 0.407 e. The molecule has 2 unspecified atom stereocenters. The van der Waals surface area contributed by atoms with Gasteiger partial charge in [0.1, 0.15) is 10.8 Å². The highest BCUT2D eigenvalue weighted by Crippen LogP contribution is 2.28. The predicted molar refractivity (Wildman–Crippen MR) is 88.2 cm³/mol. The van der Waals surface area contributed by atoms with Crippen molar-refractivity contribution in [3.05, 3.63) is 23.5 Å². The number of carbonyl (C=O) groups excluding carboxylic acids is 1. The first kappa shape index (κ1) is 16.9. The summed E-state index contributed by atoms with van der Waals surface area (Å²) in [4.78, 5) is 15.8.